The van der Waals surface area contributed by atoms with Crippen LogP contribution in [0.2, 0.25) is 0 Å². The topological polar surface area (TPSA) is 29.3 Å². The van der Waals surface area contributed by atoms with Gasteiger partial charge >= 0.3 is 0 Å². The molecule has 0 aliphatic rings. The summed E-state index contributed by atoms with van der Waals surface area (Å²) in [5.74, 6) is 0.784. The molecule has 0 aliphatic carbocycles. The van der Waals surface area contributed by atoms with Gasteiger partial charge in [-0.15, -0.1) is 0 Å². The molecule has 0 heterocycles. The highest BCUT2D eigenvalue weighted by Gasteiger charge is 2.18. The molecule has 2 atom stereocenters. The maximum Gasteiger partial charge on any atom is 0.130 e. The first-order valence-corrected chi connectivity index (χ1v) is 7.14. The third-order valence-corrected chi connectivity index (χ3v) is 3.75. The molecular formula is C13H21FN2S. The summed E-state index contributed by atoms with van der Waals surface area (Å²) in [6.07, 6.45) is 2.07. The fourth-order valence-electron chi connectivity index (χ4n) is 1.87. The molecule has 1 unspecified atom stereocenters. The molecule has 0 bridgehead atoms. The molecule has 17 heavy (non-hydrogen) atoms. The van der Waals surface area contributed by atoms with Gasteiger partial charge in [-0.25, -0.2) is 4.39 Å². The van der Waals surface area contributed by atoms with Gasteiger partial charge in [0.1, 0.15) is 5.82 Å². The van der Waals surface area contributed by atoms with Gasteiger partial charge in [0.05, 0.1) is 0 Å². The largest absolute Gasteiger partial charge is 0.371 e. The summed E-state index contributed by atoms with van der Waals surface area (Å²) in [4.78, 5) is 2.10. The van der Waals surface area contributed by atoms with Gasteiger partial charge in [0.15, 0.2) is 0 Å². The molecule has 2 N–H and O–H groups in total. The molecule has 0 saturated heterocycles. The molecular weight excluding hydrogens is 235 g/mol. The quantitative estimate of drug-likeness (QED) is 0.878. The number of hydrogen-bond acceptors (Lipinski definition) is 3. The molecule has 96 valence electrons. The van der Waals surface area contributed by atoms with E-state index in [-0.39, 0.29) is 11.9 Å². The van der Waals surface area contributed by atoms with Crippen molar-refractivity contribution in [3.8, 4) is 0 Å². The molecule has 0 radical (unpaired) electrons. The van der Waals surface area contributed by atoms with Crippen LogP contribution in [-0.2, 0) is 0 Å². The Morgan fingerprint density at radius 2 is 2.06 bits per heavy atom. The van der Waals surface area contributed by atoms with E-state index < -0.39 is 0 Å². The number of hydrogen-bond donors (Lipinski definition) is 1. The molecule has 1 aromatic carbocycles. The van der Waals surface area contributed by atoms with Gasteiger partial charge in [-0.05, 0) is 32.2 Å². The minimum atomic E-state index is -0.296. The molecule has 0 amide bonds. The van der Waals surface area contributed by atoms with Gasteiger partial charge in [0, 0.05) is 36.1 Å². The summed E-state index contributed by atoms with van der Waals surface area (Å²) in [6, 6.07) is 5.19. The van der Waals surface area contributed by atoms with E-state index in [1.807, 2.05) is 20.0 Å². The lowest BCUT2D eigenvalue weighted by molar-refractivity contribution is 0.590. The molecule has 2 nitrogen and oxygen atoms in total. The number of nitrogens with zero attached hydrogens (tertiary/aromatic N) is 1. The van der Waals surface area contributed by atoms with Crippen LogP contribution < -0.4 is 10.6 Å². The van der Waals surface area contributed by atoms with Gasteiger partial charge < -0.3 is 10.6 Å². The predicted octanol–water partition coefficient (Wildman–Crippen LogP) is 3.03. The van der Waals surface area contributed by atoms with Crippen molar-refractivity contribution in [2.24, 2.45) is 5.73 Å². The molecule has 0 saturated carbocycles. The Hall–Kier alpha value is -0.740. The van der Waals surface area contributed by atoms with Crippen LogP contribution in [0.25, 0.3) is 0 Å². The SMILES string of the molecule is CSCC(C)N(C)c1cccc(F)c1[C@H](C)N. The first-order chi connectivity index (χ1) is 7.99. The number of nitrogens with two attached hydrogens (primary N) is 1. The minimum absolute atomic E-state index is 0.222. The Morgan fingerprint density at radius 1 is 1.41 bits per heavy atom. The third-order valence-electron chi connectivity index (χ3n) is 2.93. The summed E-state index contributed by atoms with van der Waals surface area (Å²) in [6.45, 7) is 3.95. The third kappa shape index (κ3) is 3.36. The predicted molar refractivity (Wildman–Crippen MR) is 75.2 cm³/mol. The van der Waals surface area contributed by atoms with Crippen molar-refractivity contribution >= 4 is 17.4 Å². The zero-order chi connectivity index (χ0) is 13.0. The average molecular weight is 256 g/mol. The smallest absolute Gasteiger partial charge is 0.130 e. The highest BCUT2D eigenvalue weighted by molar-refractivity contribution is 7.98. The first kappa shape index (κ1) is 14.3. The van der Waals surface area contributed by atoms with E-state index in [0.717, 1.165) is 11.4 Å². The lowest BCUT2D eigenvalue weighted by Crippen LogP contribution is -2.32. The Morgan fingerprint density at radius 3 is 2.59 bits per heavy atom. The summed E-state index contributed by atoms with van der Waals surface area (Å²) >= 11 is 1.78. The van der Waals surface area contributed by atoms with Crippen LogP contribution in [0, 0.1) is 5.82 Å². The number of rotatable bonds is 5. The summed E-state index contributed by atoms with van der Waals surface area (Å²) in [7, 11) is 1.99. The van der Waals surface area contributed by atoms with Gasteiger partial charge in [0.2, 0.25) is 0 Å². The normalized spacial score (nSPS) is 14.5. The van der Waals surface area contributed by atoms with Crippen molar-refractivity contribution in [1.29, 1.82) is 0 Å². The van der Waals surface area contributed by atoms with Crippen LogP contribution in [0.15, 0.2) is 18.2 Å². The van der Waals surface area contributed by atoms with Gasteiger partial charge in [-0.2, -0.15) is 11.8 Å². The van der Waals surface area contributed by atoms with Crippen molar-refractivity contribution in [2.75, 3.05) is 24.0 Å². The average Bonchev–Trinajstić information content (AvgIpc) is 2.27. The number of anilines is 1. The van der Waals surface area contributed by atoms with Gasteiger partial charge in [-0.3, -0.25) is 0 Å². The summed E-state index contributed by atoms with van der Waals surface area (Å²) < 4.78 is 13.8. The monoisotopic (exact) mass is 256 g/mol. The lowest BCUT2D eigenvalue weighted by atomic mass is 10.0. The Labute approximate surface area is 107 Å². The Kier molecular flexibility index (Phi) is 5.28. The molecule has 4 heteroatoms. The summed E-state index contributed by atoms with van der Waals surface area (Å²) in [5, 5.41) is 0. The van der Waals surface area contributed by atoms with E-state index in [2.05, 4.69) is 18.1 Å². The van der Waals surface area contributed by atoms with Crippen LogP contribution in [-0.4, -0.2) is 25.1 Å². The van der Waals surface area contributed by atoms with Gasteiger partial charge in [-0.1, -0.05) is 6.07 Å². The molecule has 0 aromatic heterocycles. The van der Waals surface area contributed by atoms with Crippen LogP contribution >= 0.6 is 11.8 Å². The van der Waals surface area contributed by atoms with E-state index >= 15 is 0 Å². The highest BCUT2D eigenvalue weighted by Crippen LogP contribution is 2.28. The zero-order valence-corrected chi connectivity index (χ0v) is 11.7. The van der Waals surface area contributed by atoms with Crippen molar-refractivity contribution in [3.05, 3.63) is 29.6 Å². The Balaban J connectivity index is 3.08. The molecule has 1 rings (SSSR count). The fraction of sp³-hybridized carbons (Fsp3) is 0.538. The first-order valence-electron chi connectivity index (χ1n) is 5.74. The standard InChI is InChI=1S/C13H21FN2S/c1-9(8-17-4)16(3)12-7-5-6-11(14)13(12)10(2)15/h5-7,9-10H,8,15H2,1-4H3/t9?,10-/m0/s1. The number of benzene rings is 1. The molecule has 0 aliphatic heterocycles. The lowest BCUT2D eigenvalue weighted by Gasteiger charge is -2.29. The van der Waals surface area contributed by atoms with E-state index in [9.17, 15) is 4.39 Å². The Bertz CT molecular complexity index is 368. The second-order valence-corrected chi connectivity index (χ2v) is 5.29. The maximum atomic E-state index is 13.8. The van der Waals surface area contributed by atoms with E-state index in [4.69, 9.17) is 5.73 Å². The molecule has 1 aromatic rings. The van der Waals surface area contributed by atoms with Crippen LogP contribution in [0.5, 0.6) is 0 Å². The van der Waals surface area contributed by atoms with Crippen LogP contribution in [0.1, 0.15) is 25.5 Å². The van der Waals surface area contributed by atoms with Gasteiger partial charge in [0.25, 0.3) is 0 Å². The molecule has 0 fully saturated rings. The number of halogens is 1. The zero-order valence-electron chi connectivity index (χ0n) is 10.9. The highest BCUT2D eigenvalue weighted by atomic mass is 32.2. The van der Waals surface area contributed by atoms with E-state index in [0.29, 0.717) is 11.6 Å². The number of thioether (sulfide) groups is 1. The van der Waals surface area contributed by atoms with Crippen molar-refractivity contribution in [2.45, 2.75) is 25.9 Å². The summed E-state index contributed by atoms with van der Waals surface area (Å²) in [5.41, 5.74) is 7.35. The van der Waals surface area contributed by atoms with Crippen molar-refractivity contribution < 1.29 is 4.39 Å². The molecule has 0 spiro atoms. The van der Waals surface area contributed by atoms with E-state index in [1.54, 1.807) is 17.8 Å². The maximum absolute atomic E-state index is 13.8. The van der Waals surface area contributed by atoms with E-state index in [1.165, 1.54) is 6.07 Å². The van der Waals surface area contributed by atoms with Crippen molar-refractivity contribution in [1.82, 2.24) is 0 Å². The minimum Gasteiger partial charge on any atom is -0.371 e. The van der Waals surface area contributed by atoms with Crippen molar-refractivity contribution in [3.63, 3.8) is 0 Å². The fourth-order valence-corrected chi connectivity index (χ4v) is 2.58. The second-order valence-electron chi connectivity index (χ2n) is 4.38. The van der Waals surface area contributed by atoms with Crippen LogP contribution in [0.3, 0.4) is 0 Å². The second kappa shape index (κ2) is 6.26. The van der Waals surface area contributed by atoms with Crippen LogP contribution in [0.4, 0.5) is 10.1 Å².